The molecule has 24 heavy (non-hydrogen) atoms. The molecular weight excluding hydrogens is 326 g/mol. The van der Waals surface area contributed by atoms with E-state index < -0.39 is 0 Å². The molecular formula is C18H24ClN3O2. The molecule has 2 heterocycles. The summed E-state index contributed by atoms with van der Waals surface area (Å²) in [7, 11) is 0. The first-order valence-electron chi connectivity index (χ1n) is 8.14. The lowest BCUT2D eigenvalue weighted by Gasteiger charge is -2.37. The van der Waals surface area contributed by atoms with Crippen LogP contribution in [0.2, 0.25) is 0 Å². The maximum Gasteiger partial charge on any atom is 0.225 e. The van der Waals surface area contributed by atoms with Crippen molar-refractivity contribution in [3.05, 3.63) is 41.6 Å². The third kappa shape index (κ3) is 3.62. The van der Waals surface area contributed by atoms with Crippen LogP contribution in [-0.2, 0) is 9.59 Å². The van der Waals surface area contributed by atoms with E-state index in [0.717, 1.165) is 30.8 Å². The van der Waals surface area contributed by atoms with E-state index in [2.05, 4.69) is 12.2 Å². The maximum atomic E-state index is 12.8. The molecule has 2 aliphatic heterocycles. The molecule has 2 atom stereocenters. The van der Waals surface area contributed by atoms with E-state index in [9.17, 15) is 9.59 Å². The zero-order chi connectivity index (χ0) is 16.4. The summed E-state index contributed by atoms with van der Waals surface area (Å²) < 4.78 is 0. The molecule has 130 valence electrons. The summed E-state index contributed by atoms with van der Waals surface area (Å²) in [6, 6.07) is 7.94. The van der Waals surface area contributed by atoms with Crippen LogP contribution in [0.5, 0.6) is 0 Å². The Morgan fingerprint density at radius 3 is 2.75 bits per heavy atom. The lowest BCUT2D eigenvalue weighted by molar-refractivity contribution is -0.136. The number of rotatable bonds is 2. The van der Waals surface area contributed by atoms with Crippen LogP contribution in [-0.4, -0.2) is 47.3 Å². The Morgan fingerprint density at radius 2 is 2.04 bits per heavy atom. The molecule has 3 rings (SSSR count). The Kier molecular flexibility index (Phi) is 6.02. The van der Waals surface area contributed by atoms with Crippen molar-refractivity contribution >= 4 is 30.3 Å². The lowest BCUT2D eigenvalue weighted by atomic mass is 9.93. The predicted molar refractivity (Wildman–Crippen MR) is 96.6 cm³/mol. The van der Waals surface area contributed by atoms with Crippen LogP contribution in [0.4, 0.5) is 0 Å². The molecule has 1 saturated heterocycles. The van der Waals surface area contributed by atoms with Crippen molar-refractivity contribution in [1.29, 1.82) is 0 Å². The van der Waals surface area contributed by atoms with Gasteiger partial charge < -0.3 is 15.1 Å². The smallest absolute Gasteiger partial charge is 0.225 e. The van der Waals surface area contributed by atoms with E-state index in [1.54, 1.807) is 18.0 Å². The van der Waals surface area contributed by atoms with Crippen LogP contribution >= 0.6 is 12.4 Å². The molecule has 2 unspecified atom stereocenters. The number of nitrogens with one attached hydrogen (secondary N) is 1. The highest BCUT2D eigenvalue weighted by molar-refractivity contribution is 5.85. The van der Waals surface area contributed by atoms with Gasteiger partial charge >= 0.3 is 0 Å². The molecule has 0 aromatic heterocycles. The SMILES string of the molecule is CC(=O)N1C=Cc2ccccc2C1CC(=O)N1CCNCC1C.Cl. The fourth-order valence-electron chi connectivity index (χ4n) is 3.41. The van der Waals surface area contributed by atoms with Crippen molar-refractivity contribution in [2.24, 2.45) is 0 Å². The fraction of sp³-hybridized carbons (Fsp3) is 0.444. The summed E-state index contributed by atoms with van der Waals surface area (Å²) in [5, 5.41) is 3.30. The number of fused-ring (bicyclic) bond motifs is 1. The molecule has 6 heteroatoms. The van der Waals surface area contributed by atoms with Crippen molar-refractivity contribution in [2.45, 2.75) is 32.4 Å². The third-order valence-electron chi connectivity index (χ3n) is 4.66. The van der Waals surface area contributed by atoms with Gasteiger partial charge in [0, 0.05) is 38.8 Å². The van der Waals surface area contributed by atoms with Crippen molar-refractivity contribution in [3.8, 4) is 0 Å². The average molecular weight is 350 g/mol. The number of benzene rings is 1. The normalized spacial score (nSPS) is 22.6. The molecule has 1 aromatic carbocycles. The number of piperazine rings is 1. The first-order valence-corrected chi connectivity index (χ1v) is 8.14. The van der Waals surface area contributed by atoms with Crippen molar-refractivity contribution in [3.63, 3.8) is 0 Å². The predicted octanol–water partition coefficient (Wildman–Crippen LogP) is 2.19. The number of nitrogens with zero attached hydrogens (tertiary/aromatic N) is 2. The maximum absolute atomic E-state index is 12.8. The van der Waals surface area contributed by atoms with Gasteiger partial charge in [0.2, 0.25) is 11.8 Å². The van der Waals surface area contributed by atoms with Gasteiger partial charge in [-0.1, -0.05) is 24.3 Å². The number of halogens is 1. The highest BCUT2D eigenvalue weighted by Gasteiger charge is 2.31. The molecule has 1 fully saturated rings. The highest BCUT2D eigenvalue weighted by atomic mass is 35.5. The second-order valence-corrected chi connectivity index (χ2v) is 6.23. The number of carbonyl (C=O) groups is 2. The summed E-state index contributed by atoms with van der Waals surface area (Å²) >= 11 is 0. The van der Waals surface area contributed by atoms with Gasteiger partial charge in [0.25, 0.3) is 0 Å². The van der Waals surface area contributed by atoms with Gasteiger partial charge in [-0.2, -0.15) is 0 Å². The van der Waals surface area contributed by atoms with Gasteiger partial charge in [0.05, 0.1) is 12.5 Å². The summed E-state index contributed by atoms with van der Waals surface area (Å²) in [6.07, 6.45) is 4.06. The van der Waals surface area contributed by atoms with E-state index in [4.69, 9.17) is 0 Å². The molecule has 1 aromatic rings. The Morgan fingerprint density at radius 1 is 1.29 bits per heavy atom. The van der Waals surface area contributed by atoms with Crippen molar-refractivity contribution in [1.82, 2.24) is 15.1 Å². The minimum Gasteiger partial charge on any atom is -0.337 e. The molecule has 0 bridgehead atoms. The fourth-order valence-corrected chi connectivity index (χ4v) is 3.41. The van der Waals surface area contributed by atoms with Crippen LogP contribution in [0.15, 0.2) is 30.5 Å². The number of carbonyl (C=O) groups excluding carboxylic acids is 2. The number of amides is 2. The monoisotopic (exact) mass is 349 g/mol. The lowest BCUT2D eigenvalue weighted by Crippen LogP contribution is -2.52. The zero-order valence-electron chi connectivity index (χ0n) is 14.1. The molecule has 0 radical (unpaired) electrons. The van der Waals surface area contributed by atoms with Crippen LogP contribution in [0.25, 0.3) is 6.08 Å². The Hall–Kier alpha value is -1.85. The van der Waals surface area contributed by atoms with E-state index >= 15 is 0 Å². The zero-order valence-corrected chi connectivity index (χ0v) is 14.9. The van der Waals surface area contributed by atoms with E-state index in [1.807, 2.05) is 35.2 Å². The topological polar surface area (TPSA) is 52.7 Å². The number of hydrogen-bond donors (Lipinski definition) is 1. The molecule has 5 nitrogen and oxygen atoms in total. The van der Waals surface area contributed by atoms with E-state index in [1.165, 1.54) is 0 Å². The molecule has 2 amide bonds. The molecule has 1 N–H and O–H groups in total. The highest BCUT2D eigenvalue weighted by Crippen LogP contribution is 2.33. The van der Waals surface area contributed by atoms with Crippen molar-refractivity contribution in [2.75, 3.05) is 19.6 Å². The number of hydrogen-bond acceptors (Lipinski definition) is 3. The van der Waals surface area contributed by atoms with Crippen molar-refractivity contribution < 1.29 is 9.59 Å². The quantitative estimate of drug-likeness (QED) is 0.890. The standard InChI is InChI=1S/C18H23N3O2.ClH/c1-13-12-19-8-10-20(13)18(23)11-17-16-6-4-3-5-15(16)7-9-21(17)14(2)22;/h3-7,9,13,17,19H,8,10-12H2,1-2H3;1H. The molecule has 0 aliphatic carbocycles. The Bertz CT molecular complexity index is 647. The summed E-state index contributed by atoms with van der Waals surface area (Å²) in [5.41, 5.74) is 2.12. The molecule has 2 aliphatic rings. The summed E-state index contributed by atoms with van der Waals surface area (Å²) in [4.78, 5) is 28.4. The van der Waals surface area contributed by atoms with Gasteiger partial charge in [-0.3, -0.25) is 9.59 Å². The van der Waals surface area contributed by atoms with Crippen LogP contribution in [0, 0.1) is 0 Å². The van der Waals surface area contributed by atoms with Crippen LogP contribution in [0.1, 0.15) is 37.4 Å². The van der Waals surface area contributed by atoms with Gasteiger partial charge in [-0.05, 0) is 24.1 Å². The third-order valence-corrected chi connectivity index (χ3v) is 4.66. The minimum absolute atomic E-state index is 0. The van der Waals surface area contributed by atoms with Gasteiger partial charge in [0.15, 0.2) is 0 Å². The first-order chi connectivity index (χ1) is 11.1. The Balaban J connectivity index is 0.00000208. The summed E-state index contributed by atoms with van der Waals surface area (Å²) in [6.45, 7) is 5.98. The van der Waals surface area contributed by atoms with Gasteiger partial charge in [0.1, 0.15) is 0 Å². The van der Waals surface area contributed by atoms with E-state index in [-0.39, 0.29) is 36.3 Å². The van der Waals surface area contributed by atoms with Gasteiger partial charge in [-0.25, -0.2) is 0 Å². The van der Waals surface area contributed by atoms with Gasteiger partial charge in [-0.15, -0.1) is 12.4 Å². The second-order valence-electron chi connectivity index (χ2n) is 6.23. The first kappa shape index (κ1) is 18.5. The summed E-state index contributed by atoms with van der Waals surface area (Å²) in [5.74, 6) is 0.0715. The van der Waals surface area contributed by atoms with Crippen LogP contribution in [0.3, 0.4) is 0 Å². The largest absolute Gasteiger partial charge is 0.337 e. The second kappa shape index (κ2) is 7.81. The van der Waals surface area contributed by atoms with Crippen LogP contribution < -0.4 is 5.32 Å². The molecule has 0 saturated carbocycles. The average Bonchev–Trinajstić information content (AvgIpc) is 2.55. The minimum atomic E-state index is -0.219. The Labute approximate surface area is 149 Å². The van der Waals surface area contributed by atoms with E-state index in [0.29, 0.717) is 6.42 Å². The molecule has 0 spiro atoms.